The fraction of sp³-hybridized carbons (Fsp3) is 0.320. The van der Waals surface area contributed by atoms with Gasteiger partial charge in [0.05, 0.1) is 11.4 Å². The fourth-order valence-electron chi connectivity index (χ4n) is 3.36. The quantitative estimate of drug-likeness (QED) is 0.394. The summed E-state index contributed by atoms with van der Waals surface area (Å²) in [6.07, 6.45) is 2.66. The molecule has 174 valence electrons. The van der Waals surface area contributed by atoms with Crippen molar-refractivity contribution in [3.8, 4) is 16.9 Å². The molecule has 0 spiro atoms. The van der Waals surface area contributed by atoms with E-state index in [2.05, 4.69) is 17.6 Å². The van der Waals surface area contributed by atoms with E-state index in [1.165, 1.54) is 4.90 Å². The normalized spacial score (nSPS) is 10.6. The zero-order valence-corrected chi connectivity index (χ0v) is 19.8. The number of amides is 3. The first kappa shape index (κ1) is 24.3. The van der Waals surface area contributed by atoms with Gasteiger partial charge in [0.1, 0.15) is 12.4 Å². The summed E-state index contributed by atoms with van der Waals surface area (Å²) in [5.41, 5.74) is 2.42. The van der Waals surface area contributed by atoms with Gasteiger partial charge in [0.25, 0.3) is 0 Å². The summed E-state index contributed by atoms with van der Waals surface area (Å²) in [5, 5.41) is 11.1. The van der Waals surface area contributed by atoms with Gasteiger partial charge in [0.15, 0.2) is 0 Å². The van der Waals surface area contributed by atoms with Crippen LogP contribution in [0.3, 0.4) is 0 Å². The molecule has 1 heterocycles. The summed E-state index contributed by atoms with van der Waals surface area (Å²) in [6, 6.07) is 18.6. The van der Waals surface area contributed by atoms with Crippen LogP contribution in [0.5, 0.6) is 0 Å². The van der Waals surface area contributed by atoms with Gasteiger partial charge < -0.3 is 15.5 Å². The Morgan fingerprint density at radius 2 is 1.76 bits per heavy atom. The highest BCUT2D eigenvalue weighted by Crippen LogP contribution is 2.25. The lowest BCUT2D eigenvalue weighted by Gasteiger charge is -2.22. The molecule has 7 nitrogen and oxygen atoms in total. The summed E-state index contributed by atoms with van der Waals surface area (Å²) in [4.78, 5) is 27.0. The molecule has 0 atom stereocenters. The van der Waals surface area contributed by atoms with Crippen LogP contribution in [0.1, 0.15) is 33.1 Å². The van der Waals surface area contributed by atoms with Crippen LogP contribution in [-0.4, -0.2) is 46.3 Å². The van der Waals surface area contributed by atoms with E-state index in [1.807, 2.05) is 55.5 Å². The van der Waals surface area contributed by atoms with Gasteiger partial charge in [-0.15, -0.1) is 0 Å². The van der Waals surface area contributed by atoms with Crippen molar-refractivity contribution in [3.05, 3.63) is 65.7 Å². The molecule has 0 saturated heterocycles. The fourth-order valence-corrected chi connectivity index (χ4v) is 3.49. The lowest BCUT2D eigenvalue weighted by molar-refractivity contribution is -0.116. The number of nitrogens with zero attached hydrogens (tertiary/aromatic N) is 3. The second kappa shape index (κ2) is 12.1. The Hall–Kier alpha value is -3.32. The van der Waals surface area contributed by atoms with Crippen LogP contribution in [0.25, 0.3) is 16.9 Å². The summed E-state index contributed by atoms with van der Waals surface area (Å²) < 4.78 is 1.67. The highest BCUT2D eigenvalue weighted by Gasteiger charge is 2.19. The second-order valence-electron chi connectivity index (χ2n) is 7.72. The summed E-state index contributed by atoms with van der Waals surface area (Å²) in [6.45, 7) is 5.10. The molecule has 0 radical (unpaired) electrons. The standard InChI is InChI=1S/C25H30ClN5O2/c1-3-5-15-27-25(33)30(16-4-2)18-24(32)28-23-17-22(19-9-7-6-8-10-19)29-31(23)21-13-11-20(26)12-14-21/h6-14,17H,3-5,15-16,18H2,1-2H3,(H,27,33)(H,28,32). The molecule has 2 N–H and O–H groups in total. The molecule has 2 aromatic carbocycles. The van der Waals surface area contributed by atoms with E-state index in [1.54, 1.807) is 16.8 Å². The molecule has 3 rings (SSSR count). The Morgan fingerprint density at radius 3 is 2.42 bits per heavy atom. The van der Waals surface area contributed by atoms with Crippen molar-refractivity contribution in [2.45, 2.75) is 33.1 Å². The molecule has 0 saturated carbocycles. The molecule has 33 heavy (non-hydrogen) atoms. The highest BCUT2D eigenvalue weighted by molar-refractivity contribution is 6.30. The first-order chi connectivity index (χ1) is 16.0. The number of aromatic nitrogens is 2. The van der Waals surface area contributed by atoms with Crippen LogP contribution in [0, 0.1) is 0 Å². The maximum atomic E-state index is 12.9. The zero-order chi connectivity index (χ0) is 23.6. The number of urea groups is 1. The predicted molar refractivity (Wildman–Crippen MR) is 133 cm³/mol. The Balaban J connectivity index is 1.81. The second-order valence-corrected chi connectivity index (χ2v) is 8.16. The first-order valence-electron chi connectivity index (χ1n) is 11.3. The van der Waals surface area contributed by atoms with Crippen molar-refractivity contribution in [2.24, 2.45) is 0 Å². The van der Waals surface area contributed by atoms with E-state index in [9.17, 15) is 9.59 Å². The van der Waals surface area contributed by atoms with Gasteiger partial charge in [-0.2, -0.15) is 5.10 Å². The number of carbonyl (C=O) groups is 2. The van der Waals surface area contributed by atoms with Gasteiger partial charge in [-0.3, -0.25) is 4.79 Å². The van der Waals surface area contributed by atoms with Gasteiger partial charge in [-0.1, -0.05) is 62.2 Å². The molecular formula is C25H30ClN5O2. The van der Waals surface area contributed by atoms with Crippen molar-refractivity contribution in [1.29, 1.82) is 0 Å². The van der Waals surface area contributed by atoms with Crippen LogP contribution >= 0.6 is 11.6 Å². The number of benzene rings is 2. The number of nitrogens with one attached hydrogen (secondary N) is 2. The predicted octanol–water partition coefficient (Wildman–Crippen LogP) is 5.35. The third-order valence-corrected chi connectivity index (χ3v) is 5.29. The SMILES string of the molecule is CCCCNC(=O)N(CCC)CC(=O)Nc1cc(-c2ccccc2)nn1-c1ccc(Cl)cc1. The summed E-state index contributed by atoms with van der Waals surface area (Å²) in [7, 11) is 0. The number of unbranched alkanes of at least 4 members (excludes halogenated alkanes) is 1. The zero-order valence-electron chi connectivity index (χ0n) is 19.1. The van der Waals surface area contributed by atoms with E-state index in [0.29, 0.717) is 23.9 Å². The maximum absolute atomic E-state index is 12.9. The van der Waals surface area contributed by atoms with Crippen LogP contribution in [0.2, 0.25) is 5.02 Å². The molecule has 3 aromatic rings. The molecule has 0 fully saturated rings. The van der Waals surface area contributed by atoms with Crippen LogP contribution in [0.15, 0.2) is 60.7 Å². The summed E-state index contributed by atoms with van der Waals surface area (Å²) in [5.74, 6) is 0.229. The van der Waals surface area contributed by atoms with Gasteiger partial charge in [-0.05, 0) is 37.1 Å². The number of rotatable bonds is 10. The largest absolute Gasteiger partial charge is 0.338 e. The van der Waals surface area contributed by atoms with Gasteiger partial charge in [-0.25, -0.2) is 9.48 Å². The number of anilines is 1. The molecular weight excluding hydrogens is 438 g/mol. The van der Waals surface area contributed by atoms with Gasteiger partial charge >= 0.3 is 6.03 Å². The van der Waals surface area contributed by atoms with Crippen LogP contribution in [-0.2, 0) is 4.79 Å². The molecule has 0 bridgehead atoms. The molecule has 0 unspecified atom stereocenters. The van der Waals surface area contributed by atoms with Crippen molar-refractivity contribution in [1.82, 2.24) is 20.0 Å². The van der Waals surface area contributed by atoms with E-state index in [-0.39, 0.29) is 18.5 Å². The van der Waals surface area contributed by atoms with Crippen molar-refractivity contribution >= 4 is 29.4 Å². The lowest BCUT2D eigenvalue weighted by atomic mass is 10.1. The molecule has 8 heteroatoms. The number of carbonyl (C=O) groups excluding carboxylic acids is 2. The average molecular weight is 468 g/mol. The molecule has 0 aliphatic heterocycles. The number of halogens is 1. The Morgan fingerprint density at radius 1 is 1.03 bits per heavy atom. The van der Waals surface area contributed by atoms with Gasteiger partial charge in [0, 0.05) is 29.7 Å². The minimum absolute atomic E-state index is 0.0434. The third kappa shape index (κ3) is 6.83. The minimum atomic E-state index is -0.288. The minimum Gasteiger partial charge on any atom is -0.338 e. The van der Waals surface area contributed by atoms with E-state index in [0.717, 1.165) is 36.2 Å². The van der Waals surface area contributed by atoms with Crippen LogP contribution in [0.4, 0.5) is 10.6 Å². The van der Waals surface area contributed by atoms with Crippen molar-refractivity contribution in [3.63, 3.8) is 0 Å². The smallest absolute Gasteiger partial charge is 0.317 e. The molecule has 1 aromatic heterocycles. The highest BCUT2D eigenvalue weighted by atomic mass is 35.5. The Kier molecular flexibility index (Phi) is 8.89. The van der Waals surface area contributed by atoms with Crippen molar-refractivity contribution < 1.29 is 9.59 Å². The Bertz CT molecular complexity index is 1050. The first-order valence-corrected chi connectivity index (χ1v) is 11.6. The molecule has 0 aliphatic carbocycles. The molecule has 0 aliphatic rings. The Labute approximate surface area is 199 Å². The third-order valence-electron chi connectivity index (χ3n) is 5.04. The van der Waals surface area contributed by atoms with E-state index >= 15 is 0 Å². The van der Waals surface area contributed by atoms with Crippen molar-refractivity contribution in [2.75, 3.05) is 25.0 Å². The maximum Gasteiger partial charge on any atom is 0.317 e. The lowest BCUT2D eigenvalue weighted by Crippen LogP contribution is -2.44. The number of hydrogen-bond donors (Lipinski definition) is 2. The van der Waals surface area contributed by atoms with E-state index < -0.39 is 0 Å². The van der Waals surface area contributed by atoms with Crippen LogP contribution < -0.4 is 10.6 Å². The van der Waals surface area contributed by atoms with E-state index in [4.69, 9.17) is 16.7 Å². The average Bonchev–Trinajstić information content (AvgIpc) is 3.23. The monoisotopic (exact) mass is 467 g/mol. The van der Waals surface area contributed by atoms with Gasteiger partial charge in [0.2, 0.25) is 5.91 Å². The number of hydrogen-bond acceptors (Lipinski definition) is 3. The molecule has 3 amide bonds. The summed E-state index contributed by atoms with van der Waals surface area (Å²) >= 11 is 6.04. The topological polar surface area (TPSA) is 79.3 Å².